The van der Waals surface area contributed by atoms with Crippen molar-refractivity contribution in [3.63, 3.8) is 0 Å². The molecule has 7 heteroatoms. The van der Waals surface area contributed by atoms with E-state index in [1.54, 1.807) is 14.0 Å². The van der Waals surface area contributed by atoms with Crippen LogP contribution >= 0.6 is 0 Å². The predicted octanol–water partition coefficient (Wildman–Crippen LogP) is 1.02. The fourth-order valence-electron chi connectivity index (χ4n) is 2.10. The highest BCUT2D eigenvalue weighted by Crippen LogP contribution is 2.17. The summed E-state index contributed by atoms with van der Waals surface area (Å²) < 4.78 is 28.3. The van der Waals surface area contributed by atoms with Crippen molar-refractivity contribution in [3.05, 3.63) is 29.8 Å². The third kappa shape index (κ3) is 3.66. The van der Waals surface area contributed by atoms with E-state index in [2.05, 4.69) is 5.32 Å². The highest BCUT2D eigenvalue weighted by Gasteiger charge is 2.38. The number of methoxy groups -OCH3 is 1. The van der Waals surface area contributed by atoms with Crippen LogP contribution in [0.25, 0.3) is 0 Å². The molecule has 1 N–H and O–H groups in total. The van der Waals surface area contributed by atoms with E-state index in [0.717, 1.165) is 11.3 Å². The molecule has 116 valence electrons. The first-order valence-corrected chi connectivity index (χ1v) is 8.55. The molecule has 0 saturated carbocycles. The van der Waals surface area contributed by atoms with E-state index in [4.69, 9.17) is 4.74 Å². The molecule has 21 heavy (non-hydrogen) atoms. The van der Waals surface area contributed by atoms with Gasteiger partial charge in [0.05, 0.1) is 12.4 Å². The number of urea groups is 1. The van der Waals surface area contributed by atoms with Gasteiger partial charge >= 0.3 is 6.03 Å². The lowest BCUT2D eigenvalue weighted by Crippen LogP contribution is -2.59. The van der Waals surface area contributed by atoms with Crippen LogP contribution in [0.2, 0.25) is 0 Å². The first kappa shape index (κ1) is 15.6. The molecule has 2 rings (SSSR count). The molecule has 0 aromatic heterocycles. The number of hydrogen-bond donors (Lipinski definition) is 1. The Labute approximate surface area is 125 Å². The predicted molar refractivity (Wildman–Crippen MR) is 80.1 cm³/mol. The van der Waals surface area contributed by atoms with E-state index in [-0.39, 0.29) is 24.9 Å². The largest absolute Gasteiger partial charge is 0.497 e. The monoisotopic (exact) mass is 312 g/mol. The second-order valence-electron chi connectivity index (χ2n) is 4.99. The number of amides is 2. The van der Waals surface area contributed by atoms with Crippen LogP contribution < -0.4 is 10.1 Å². The SMILES string of the molecule is CCS(=O)(=O)C1CN(C(=O)NCc2ccc(OC)cc2)C1. The molecule has 0 aliphatic carbocycles. The van der Waals surface area contributed by atoms with Gasteiger partial charge in [0.25, 0.3) is 0 Å². The number of hydrogen-bond acceptors (Lipinski definition) is 4. The molecule has 0 spiro atoms. The molecule has 1 fully saturated rings. The Morgan fingerprint density at radius 3 is 2.48 bits per heavy atom. The quantitative estimate of drug-likeness (QED) is 0.881. The third-order valence-electron chi connectivity index (χ3n) is 3.65. The van der Waals surface area contributed by atoms with E-state index in [1.165, 1.54) is 4.90 Å². The standard InChI is InChI=1S/C14H20N2O4S/c1-3-21(18,19)13-9-16(10-13)14(17)15-8-11-4-6-12(20-2)7-5-11/h4-7,13H,3,8-10H2,1-2H3,(H,15,17). The van der Waals surface area contributed by atoms with Crippen molar-refractivity contribution in [2.24, 2.45) is 0 Å². The molecule has 0 bridgehead atoms. The second kappa shape index (κ2) is 6.34. The van der Waals surface area contributed by atoms with Crippen LogP contribution in [0.1, 0.15) is 12.5 Å². The summed E-state index contributed by atoms with van der Waals surface area (Å²) in [5.41, 5.74) is 0.961. The van der Waals surface area contributed by atoms with E-state index in [1.807, 2.05) is 24.3 Å². The first-order valence-electron chi connectivity index (χ1n) is 6.83. The summed E-state index contributed by atoms with van der Waals surface area (Å²) in [6.07, 6.45) is 0. The highest BCUT2D eigenvalue weighted by atomic mass is 32.2. The van der Waals surface area contributed by atoms with Crippen LogP contribution in [0, 0.1) is 0 Å². The number of ether oxygens (including phenoxy) is 1. The normalized spacial score (nSPS) is 15.4. The van der Waals surface area contributed by atoms with Crippen LogP contribution in [-0.4, -0.2) is 50.6 Å². The average Bonchev–Trinajstić information content (AvgIpc) is 2.43. The van der Waals surface area contributed by atoms with Crippen molar-refractivity contribution in [1.29, 1.82) is 0 Å². The molecule has 1 heterocycles. The number of benzene rings is 1. The Kier molecular flexibility index (Phi) is 4.72. The fraction of sp³-hybridized carbons (Fsp3) is 0.500. The van der Waals surface area contributed by atoms with Gasteiger partial charge in [-0.05, 0) is 17.7 Å². The lowest BCUT2D eigenvalue weighted by Gasteiger charge is -2.38. The Hall–Kier alpha value is -1.76. The van der Waals surface area contributed by atoms with Gasteiger partial charge in [-0.1, -0.05) is 19.1 Å². The molecule has 0 radical (unpaired) electrons. The van der Waals surface area contributed by atoms with Crippen molar-refractivity contribution in [3.8, 4) is 5.75 Å². The van der Waals surface area contributed by atoms with Gasteiger partial charge in [-0.25, -0.2) is 13.2 Å². The Morgan fingerprint density at radius 2 is 1.95 bits per heavy atom. The van der Waals surface area contributed by atoms with Gasteiger partial charge in [0, 0.05) is 25.4 Å². The number of nitrogens with zero attached hydrogens (tertiary/aromatic N) is 1. The Balaban J connectivity index is 1.78. The van der Waals surface area contributed by atoms with E-state index >= 15 is 0 Å². The summed E-state index contributed by atoms with van der Waals surface area (Å²) >= 11 is 0. The number of likely N-dealkylation sites (tertiary alicyclic amines) is 1. The molecule has 2 amide bonds. The molecule has 0 atom stereocenters. The van der Waals surface area contributed by atoms with Crippen molar-refractivity contribution >= 4 is 15.9 Å². The number of sulfone groups is 1. The summed E-state index contributed by atoms with van der Waals surface area (Å²) in [5, 5.41) is 2.37. The number of carbonyl (C=O) groups is 1. The van der Waals surface area contributed by atoms with Crippen LogP contribution in [0.5, 0.6) is 5.75 Å². The maximum Gasteiger partial charge on any atom is 0.317 e. The Bertz CT molecular complexity index is 592. The minimum absolute atomic E-state index is 0.124. The molecule has 1 aromatic carbocycles. The molecular formula is C14H20N2O4S. The molecular weight excluding hydrogens is 292 g/mol. The minimum atomic E-state index is -3.04. The summed E-state index contributed by atoms with van der Waals surface area (Å²) in [6, 6.07) is 7.18. The smallest absolute Gasteiger partial charge is 0.317 e. The van der Waals surface area contributed by atoms with Gasteiger partial charge in [-0.3, -0.25) is 0 Å². The molecule has 1 aliphatic rings. The lowest BCUT2D eigenvalue weighted by molar-refractivity contribution is 0.169. The number of carbonyl (C=O) groups excluding carboxylic acids is 1. The van der Waals surface area contributed by atoms with Crippen molar-refractivity contribution < 1.29 is 17.9 Å². The van der Waals surface area contributed by atoms with Gasteiger partial charge < -0.3 is 15.0 Å². The summed E-state index contributed by atoms with van der Waals surface area (Å²) in [6.45, 7) is 2.60. The Morgan fingerprint density at radius 1 is 1.33 bits per heavy atom. The fourth-order valence-corrected chi connectivity index (χ4v) is 3.39. The minimum Gasteiger partial charge on any atom is -0.497 e. The summed E-state index contributed by atoms with van der Waals surface area (Å²) in [4.78, 5) is 13.4. The van der Waals surface area contributed by atoms with E-state index < -0.39 is 15.1 Å². The maximum absolute atomic E-state index is 11.9. The zero-order valence-corrected chi connectivity index (χ0v) is 13.0. The van der Waals surface area contributed by atoms with Crippen LogP contribution in [0.4, 0.5) is 4.79 Å². The van der Waals surface area contributed by atoms with Crippen molar-refractivity contribution in [1.82, 2.24) is 10.2 Å². The van der Waals surface area contributed by atoms with Gasteiger partial charge in [0.2, 0.25) is 0 Å². The van der Waals surface area contributed by atoms with Gasteiger partial charge in [-0.2, -0.15) is 0 Å². The molecule has 1 saturated heterocycles. The average molecular weight is 312 g/mol. The molecule has 6 nitrogen and oxygen atoms in total. The summed E-state index contributed by atoms with van der Waals surface area (Å²) in [5.74, 6) is 0.888. The van der Waals surface area contributed by atoms with Crippen LogP contribution in [0.3, 0.4) is 0 Å². The lowest BCUT2D eigenvalue weighted by atomic mass is 10.2. The van der Waals surface area contributed by atoms with E-state index in [9.17, 15) is 13.2 Å². The third-order valence-corrected chi connectivity index (χ3v) is 5.77. The zero-order valence-electron chi connectivity index (χ0n) is 12.2. The van der Waals surface area contributed by atoms with Crippen molar-refractivity contribution in [2.75, 3.05) is 26.0 Å². The maximum atomic E-state index is 11.9. The number of rotatable bonds is 5. The van der Waals surface area contributed by atoms with Crippen molar-refractivity contribution in [2.45, 2.75) is 18.7 Å². The topological polar surface area (TPSA) is 75.7 Å². The van der Waals surface area contributed by atoms with Crippen LogP contribution in [-0.2, 0) is 16.4 Å². The van der Waals surface area contributed by atoms with Crippen LogP contribution in [0.15, 0.2) is 24.3 Å². The summed E-state index contributed by atoms with van der Waals surface area (Å²) in [7, 11) is -1.44. The second-order valence-corrected chi connectivity index (χ2v) is 7.56. The molecule has 1 aromatic rings. The number of nitrogens with one attached hydrogen (secondary N) is 1. The van der Waals surface area contributed by atoms with Gasteiger partial charge in [0.15, 0.2) is 9.84 Å². The molecule has 0 unspecified atom stereocenters. The van der Waals surface area contributed by atoms with E-state index in [0.29, 0.717) is 6.54 Å². The first-order chi connectivity index (χ1) is 9.96. The van der Waals surface area contributed by atoms with Gasteiger partial charge in [-0.15, -0.1) is 0 Å². The zero-order chi connectivity index (χ0) is 15.5. The van der Waals surface area contributed by atoms with Gasteiger partial charge in [0.1, 0.15) is 5.75 Å². The highest BCUT2D eigenvalue weighted by molar-refractivity contribution is 7.92. The molecule has 1 aliphatic heterocycles.